The highest BCUT2D eigenvalue weighted by atomic mass is 16.5. The fourth-order valence-corrected chi connectivity index (χ4v) is 2.04. The van der Waals surface area contributed by atoms with E-state index in [0.29, 0.717) is 13.2 Å². The predicted molar refractivity (Wildman–Crippen MR) is 81.9 cm³/mol. The van der Waals surface area contributed by atoms with Gasteiger partial charge in [0.05, 0.1) is 0 Å². The van der Waals surface area contributed by atoms with E-state index in [0.717, 1.165) is 11.3 Å². The van der Waals surface area contributed by atoms with Crippen LogP contribution in [0.1, 0.15) is 0 Å². The van der Waals surface area contributed by atoms with Crippen LogP contribution in [0.4, 0.5) is 0 Å². The van der Waals surface area contributed by atoms with E-state index in [1.807, 2.05) is 61.5 Å². The molecule has 0 saturated carbocycles. The molecule has 1 atom stereocenters. The van der Waals surface area contributed by atoms with Crippen molar-refractivity contribution in [3.63, 3.8) is 0 Å². The Bertz CT molecular complexity index is 508. The summed E-state index contributed by atoms with van der Waals surface area (Å²) < 4.78 is 5.58. The van der Waals surface area contributed by atoms with Gasteiger partial charge in [-0.1, -0.05) is 42.5 Å². The number of benzene rings is 2. The van der Waals surface area contributed by atoms with Crippen molar-refractivity contribution in [1.29, 1.82) is 0 Å². The lowest BCUT2D eigenvalue weighted by Crippen LogP contribution is -2.30. The average molecular weight is 271 g/mol. The smallest absolute Gasteiger partial charge is 0.119 e. The zero-order valence-corrected chi connectivity index (χ0v) is 12.0. The van der Waals surface area contributed by atoms with Gasteiger partial charge in [0.15, 0.2) is 0 Å². The molecule has 0 saturated heterocycles. The molecule has 2 rings (SSSR count). The maximum Gasteiger partial charge on any atom is 0.119 e. The van der Waals surface area contributed by atoms with Crippen LogP contribution >= 0.6 is 0 Å². The number of hydrogen-bond donors (Lipinski definition) is 1. The lowest BCUT2D eigenvalue weighted by Gasteiger charge is -2.16. The van der Waals surface area contributed by atoms with Gasteiger partial charge in [-0.2, -0.15) is 0 Å². The molecule has 3 nitrogen and oxygen atoms in total. The summed E-state index contributed by atoms with van der Waals surface area (Å²) in [6.07, 6.45) is -0.473. The monoisotopic (exact) mass is 271 g/mol. The van der Waals surface area contributed by atoms with E-state index in [-0.39, 0.29) is 0 Å². The van der Waals surface area contributed by atoms with E-state index in [9.17, 15) is 5.11 Å². The molecule has 3 heteroatoms. The molecule has 0 amide bonds. The summed E-state index contributed by atoms with van der Waals surface area (Å²) in [5, 5.41) is 9.75. The average Bonchev–Trinajstić information content (AvgIpc) is 2.46. The molecule has 0 radical (unpaired) electrons. The van der Waals surface area contributed by atoms with Crippen LogP contribution < -0.4 is 4.74 Å². The Balaban J connectivity index is 1.92. The summed E-state index contributed by atoms with van der Waals surface area (Å²) in [6, 6.07) is 18.1. The van der Waals surface area contributed by atoms with Crippen LogP contribution in [0.3, 0.4) is 0 Å². The van der Waals surface area contributed by atoms with Crippen molar-refractivity contribution in [3.8, 4) is 16.9 Å². The highest BCUT2D eigenvalue weighted by molar-refractivity contribution is 5.63. The second kappa shape index (κ2) is 7.08. The zero-order valence-electron chi connectivity index (χ0n) is 12.0. The van der Waals surface area contributed by atoms with E-state index in [2.05, 4.69) is 12.1 Å². The molecule has 0 aliphatic carbocycles. The van der Waals surface area contributed by atoms with Crippen molar-refractivity contribution in [3.05, 3.63) is 54.6 Å². The van der Waals surface area contributed by atoms with Gasteiger partial charge in [-0.3, -0.25) is 0 Å². The molecule has 0 spiro atoms. The first-order valence-corrected chi connectivity index (χ1v) is 6.76. The third-order valence-corrected chi connectivity index (χ3v) is 2.98. The maximum absolute atomic E-state index is 9.75. The van der Waals surface area contributed by atoms with Crippen LogP contribution in [0.15, 0.2) is 54.6 Å². The van der Waals surface area contributed by atoms with Gasteiger partial charge in [0.2, 0.25) is 0 Å². The third-order valence-electron chi connectivity index (χ3n) is 2.98. The first-order valence-electron chi connectivity index (χ1n) is 6.76. The molecular weight excluding hydrogens is 250 g/mol. The lowest BCUT2D eigenvalue weighted by atomic mass is 10.1. The minimum absolute atomic E-state index is 0.308. The van der Waals surface area contributed by atoms with E-state index in [4.69, 9.17) is 4.74 Å². The normalized spacial score (nSPS) is 12.4. The summed E-state index contributed by atoms with van der Waals surface area (Å²) in [4.78, 5) is 1.94. The maximum atomic E-state index is 9.75. The van der Waals surface area contributed by atoms with Crippen LogP contribution in [-0.4, -0.2) is 43.4 Å². The Hall–Kier alpha value is -1.84. The van der Waals surface area contributed by atoms with Crippen molar-refractivity contribution >= 4 is 0 Å². The molecule has 0 bridgehead atoms. The molecule has 106 valence electrons. The van der Waals surface area contributed by atoms with Gasteiger partial charge in [0.25, 0.3) is 0 Å². The molecule has 0 unspecified atom stereocenters. The summed E-state index contributed by atoms with van der Waals surface area (Å²) in [5.41, 5.74) is 2.35. The Labute approximate surface area is 120 Å². The van der Waals surface area contributed by atoms with Crippen molar-refractivity contribution in [1.82, 2.24) is 4.90 Å². The van der Waals surface area contributed by atoms with Gasteiger partial charge in [0, 0.05) is 6.54 Å². The molecule has 20 heavy (non-hydrogen) atoms. The molecule has 0 aliphatic rings. The molecule has 0 aromatic heterocycles. The van der Waals surface area contributed by atoms with E-state index in [1.165, 1.54) is 5.56 Å². The summed E-state index contributed by atoms with van der Waals surface area (Å²) in [7, 11) is 3.86. The largest absolute Gasteiger partial charge is 0.491 e. The predicted octanol–water partition coefficient (Wildman–Crippen LogP) is 2.65. The highest BCUT2D eigenvalue weighted by Crippen LogP contribution is 2.22. The third kappa shape index (κ3) is 4.37. The zero-order chi connectivity index (χ0) is 14.4. The molecule has 1 N–H and O–H groups in total. The number of aliphatic hydroxyl groups is 1. The SMILES string of the molecule is CN(C)C[C@@H](O)COc1ccc(-c2ccccc2)cc1. The Kier molecular flexibility index (Phi) is 5.16. The quantitative estimate of drug-likeness (QED) is 0.876. The first kappa shape index (κ1) is 14.6. The number of hydrogen-bond acceptors (Lipinski definition) is 3. The minimum Gasteiger partial charge on any atom is -0.491 e. The Morgan fingerprint density at radius 2 is 1.55 bits per heavy atom. The molecule has 0 heterocycles. The van der Waals surface area contributed by atoms with Crippen LogP contribution in [0.5, 0.6) is 5.75 Å². The van der Waals surface area contributed by atoms with Crippen LogP contribution in [-0.2, 0) is 0 Å². The minimum atomic E-state index is -0.473. The van der Waals surface area contributed by atoms with Gasteiger partial charge >= 0.3 is 0 Å². The number of rotatable bonds is 6. The number of likely N-dealkylation sites (N-methyl/N-ethyl adjacent to an activating group) is 1. The molecule has 2 aromatic carbocycles. The van der Waals surface area contributed by atoms with E-state index >= 15 is 0 Å². The number of aliphatic hydroxyl groups excluding tert-OH is 1. The van der Waals surface area contributed by atoms with Gasteiger partial charge in [0.1, 0.15) is 18.5 Å². The van der Waals surface area contributed by atoms with Gasteiger partial charge in [-0.05, 0) is 37.4 Å². The highest BCUT2D eigenvalue weighted by Gasteiger charge is 2.06. The fraction of sp³-hybridized carbons (Fsp3) is 0.294. The van der Waals surface area contributed by atoms with Crippen LogP contribution in [0.25, 0.3) is 11.1 Å². The summed E-state index contributed by atoms with van der Waals surface area (Å²) in [6.45, 7) is 0.908. The molecule has 0 fully saturated rings. The number of ether oxygens (including phenoxy) is 1. The lowest BCUT2D eigenvalue weighted by molar-refractivity contribution is 0.0831. The molecule has 2 aromatic rings. The Morgan fingerprint density at radius 1 is 0.950 bits per heavy atom. The topological polar surface area (TPSA) is 32.7 Å². The van der Waals surface area contributed by atoms with Gasteiger partial charge < -0.3 is 14.7 Å². The van der Waals surface area contributed by atoms with Crippen LogP contribution in [0.2, 0.25) is 0 Å². The van der Waals surface area contributed by atoms with Crippen molar-refractivity contribution in [2.45, 2.75) is 6.10 Å². The fourth-order valence-electron chi connectivity index (χ4n) is 2.04. The number of nitrogens with zero attached hydrogens (tertiary/aromatic N) is 1. The second-order valence-electron chi connectivity index (χ2n) is 5.12. The second-order valence-corrected chi connectivity index (χ2v) is 5.12. The van der Waals surface area contributed by atoms with Crippen molar-refractivity contribution in [2.24, 2.45) is 0 Å². The Morgan fingerprint density at radius 3 is 2.15 bits per heavy atom. The van der Waals surface area contributed by atoms with Crippen molar-refractivity contribution in [2.75, 3.05) is 27.2 Å². The van der Waals surface area contributed by atoms with Crippen molar-refractivity contribution < 1.29 is 9.84 Å². The molecule has 0 aliphatic heterocycles. The first-order chi connectivity index (χ1) is 9.65. The van der Waals surface area contributed by atoms with E-state index in [1.54, 1.807) is 0 Å². The van der Waals surface area contributed by atoms with Gasteiger partial charge in [-0.25, -0.2) is 0 Å². The summed E-state index contributed by atoms with van der Waals surface area (Å²) in [5.74, 6) is 0.780. The summed E-state index contributed by atoms with van der Waals surface area (Å²) >= 11 is 0. The van der Waals surface area contributed by atoms with E-state index < -0.39 is 6.10 Å². The molecular formula is C17H21NO2. The standard InChI is InChI=1S/C17H21NO2/c1-18(2)12-16(19)13-20-17-10-8-15(9-11-17)14-6-4-3-5-7-14/h3-11,16,19H,12-13H2,1-2H3/t16-/m1/s1. The van der Waals surface area contributed by atoms with Crippen LogP contribution in [0, 0.1) is 0 Å². The van der Waals surface area contributed by atoms with Gasteiger partial charge in [-0.15, -0.1) is 0 Å².